The third kappa shape index (κ3) is 4.51. The van der Waals surface area contributed by atoms with Gasteiger partial charge in [0.2, 0.25) is 5.91 Å². The Balaban J connectivity index is 1.61. The lowest BCUT2D eigenvalue weighted by molar-refractivity contribution is -0.143. The van der Waals surface area contributed by atoms with Gasteiger partial charge < -0.3 is 10.2 Å². The fourth-order valence-electron chi connectivity index (χ4n) is 3.39. The molecule has 1 heterocycles. The molecule has 32 heavy (non-hydrogen) atoms. The average Bonchev–Trinajstić information content (AvgIpc) is 2.94. The van der Waals surface area contributed by atoms with Crippen molar-refractivity contribution < 1.29 is 24.0 Å². The van der Waals surface area contributed by atoms with Gasteiger partial charge in [0.15, 0.2) is 0 Å². The van der Waals surface area contributed by atoms with Gasteiger partial charge in [0, 0.05) is 25.3 Å². The van der Waals surface area contributed by atoms with Crippen molar-refractivity contribution in [2.24, 2.45) is 0 Å². The van der Waals surface area contributed by atoms with Gasteiger partial charge in [-0.15, -0.1) is 0 Å². The molecule has 9 nitrogen and oxygen atoms in total. The van der Waals surface area contributed by atoms with Crippen LogP contribution in [0, 0.1) is 13.8 Å². The number of amides is 6. The van der Waals surface area contributed by atoms with Gasteiger partial charge in [-0.1, -0.05) is 30.3 Å². The molecule has 2 aromatic carbocycles. The maximum atomic E-state index is 12.7. The number of anilines is 1. The first-order valence-corrected chi connectivity index (χ1v) is 9.94. The molecule has 6 amide bonds. The highest BCUT2D eigenvalue weighted by atomic mass is 16.2. The van der Waals surface area contributed by atoms with Crippen molar-refractivity contribution in [3.63, 3.8) is 0 Å². The lowest BCUT2D eigenvalue weighted by Gasteiger charge is -2.18. The second kappa shape index (κ2) is 9.01. The van der Waals surface area contributed by atoms with E-state index in [-0.39, 0.29) is 24.9 Å². The van der Waals surface area contributed by atoms with Crippen molar-refractivity contribution in [1.29, 1.82) is 0 Å². The van der Waals surface area contributed by atoms with Crippen LogP contribution in [0.15, 0.2) is 42.5 Å². The quantitative estimate of drug-likeness (QED) is 0.550. The Morgan fingerprint density at radius 3 is 2.06 bits per heavy atom. The molecule has 0 unspecified atom stereocenters. The first kappa shape index (κ1) is 22.7. The zero-order valence-corrected chi connectivity index (χ0v) is 18.3. The third-order valence-electron chi connectivity index (χ3n) is 5.27. The minimum Gasteiger partial charge on any atom is -0.332 e. The molecule has 3 rings (SSSR count). The molecule has 0 aromatic heterocycles. The molecule has 0 aliphatic carbocycles. The largest absolute Gasteiger partial charge is 0.334 e. The summed E-state index contributed by atoms with van der Waals surface area (Å²) in [6.07, 6.45) is 0. The monoisotopic (exact) mass is 436 g/mol. The molecule has 1 N–H and O–H groups in total. The molecule has 1 fully saturated rings. The van der Waals surface area contributed by atoms with Crippen molar-refractivity contribution in [3.05, 3.63) is 64.7 Å². The van der Waals surface area contributed by atoms with Crippen LogP contribution >= 0.6 is 0 Å². The predicted molar refractivity (Wildman–Crippen MR) is 117 cm³/mol. The zero-order chi connectivity index (χ0) is 23.6. The third-order valence-corrected chi connectivity index (χ3v) is 5.27. The fourth-order valence-corrected chi connectivity index (χ4v) is 3.39. The number of carbonyl (C=O) groups excluding carboxylic acids is 5. The van der Waals surface area contributed by atoms with E-state index in [4.69, 9.17) is 0 Å². The van der Waals surface area contributed by atoms with E-state index in [1.165, 1.54) is 19.0 Å². The first-order chi connectivity index (χ1) is 15.1. The van der Waals surface area contributed by atoms with Crippen LogP contribution in [0.5, 0.6) is 0 Å². The van der Waals surface area contributed by atoms with E-state index in [0.29, 0.717) is 11.1 Å². The lowest BCUT2D eigenvalue weighted by atomic mass is 10.1. The van der Waals surface area contributed by atoms with Gasteiger partial charge in [0.25, 0.3) is 5.91 Å². The standard InChI is InChI=1S/C23H24N4O5/c1-14-6-5-7-15(2)19(14)24-18(28)13-25(3)20(29)17-10-8-16(9-11-17)12-27-22(31)21(30)26(4)23(27)32/h5-11H,12-13H2,1-4H3,(H,24,28). The first-order valence-electron chi connectivity index (χ1n) is 9.94. The van der Waals surface area contributed by atoms with Crippen LogP contribution in [0.3, 0.4) is 0 Å². The van der Waals surface area contributed by atoms with Gasteiger partial charge in [0.05, 0.1) is 13.1 Å². The molecule has 0 radical (unpaired) electrons. The molecular formula is C23H24N4O5. The molecule has 166 valence electrons. The number of nitrogens with zero attached hydrogens (tertiary/aromatic N) is 3. The number of carbonyl (C=O) groups is 5. The number of urea groups is 1. The molecule has 0 atom stereocenters. The summed E-state index contributed by atoms with van der Waals surface area (Å²) >= 11 is 0. The number of hydrogen-bond acceptors (Lipinski definition) is 5. The van der Waals surface area contributed by atoms with E-state index in [1.807, 2.05) is 32.0 Å². The number of likely N-dealkylation sites (N-methyl/N-ethyl adjacent to an activating group) is 2. The number of nitrogens with one attached hydrogen (secondary N) is 1. The van der Waals surface area contributed by atoms with E-state index in [2.05, 4.69) is 5.32 Å². The molecule has 1 saturated heterocycles. The summed E-state index contributed by atoms with van der Waals surface area (Å²) < 4.78 is 0. The lowest BCUT2D eigenvalue weighted by Crippen LogP contribution is -2.35. The second-order valence-electron chi connectivity index (χ2n) is 7.71. The van der Waals surface area contributed by atoms with E-state index in [9.17, 15) is 24.0 Å². The maximum absolute atomic E-state index is 12.7. The van der Waals surface area contributed by atoms with Crippen molar-refractivity contribution in [2.45, 2.75) is 20.4 Å². The van der Waals surface area contributed by atoms with Crippen LogP contribution in [0.2, 0.25) is 0 Å². The summed E-state index contributed by atoms with van der Waals surface area (Å²) in [4.78, 5) is 63.5. The maximum Gasteiger partial charge on any atom is 0.334 e. The molecule has 9 heteroatoms. The number of rotatable bonds is 6. The van der Waals surface area contributed by atoms with E-state index < -0.39 is 17.8 Å². The molecule has 0 spiro atoms. The van der Waals surface area contributed by atoms with E-state index in [0.717, 1.165) is 26.6 Å². The minimum absolute atomic E-state index is 0.0732. The van der Waals surface area contributed by atoms with Crippen LogP contribution in [0.1, 0.15) is 27.0 Å². The summed E-state index contributed by atoms with van der Waals surface area (Å²) in [5, 5.41) is 2.85. The summed E-state index contributed by atoms with van der Waals surface area (Å²) in [5.74, 6) is -2.42. The topological polar surface area (TPSA) is 107 Å². The molecule has 0 saturated carbocycles. The van der Waals surface area contributed by atoms with Crippen LogP contribution < -0.4 is 5.32 Å². The normalized spacial score (nSPS) is 13.6. The van der Waals surface area contributed by atoms with Crippen molar-refractivity contribution >= 4 is 35.3 Å². The van der Waals surface area contributed by atoms with Gasteiger partial charge in [-0.25, -0.2) is 4.79 Å². The highest BCUT2D eigenvalue weighted by Gasteiger charge is 2.41. The predicted octanol–water partition coefficient (Wildman–Crippen LogP) is 1.93. The molecule has 1 aliphatic rings. The Bertz CT molecular complexity index is 1090. The van der Waals surface area contributed by atoms with Gasteiger partial charge in [-0.3, -0.25) is 29.0 Å². The van der Waals surface area contributed by atoms with Crippen LogP contribution in [-0.4, -0.2) is 65.0 Å². The van der Waals surface area contributed by atoms with Crippen molar-refractivity contribution in [1.82, 2.24) is 14.7 Å². The second-order valence-corrected chi connectivity index (χ2v) is 7.71. The molecule has 0 bridgehead atoms. The van der Waals surface area contributed by atoms with E-state index >= 15 is 0 Å². The number of imide groups is 2. The van der Waals surface area contributed by atoms with Gasteiger partial charge in [0.1, 0.15) is 0 Å². The van der Waals surface area contributed by atoms with Gasteiger partial charge in [-0.2, -0.15) is 0 Å². The molecule has 1 aliphatic heterocycles. The molecule has 2 aromatic rings. The summed E-state index contributed by atoms with van der Waals surface area (Å²) in [6.45, 7) is 3.60. The smallest absolute Gasteiger partial charge is 0.332 e. The number of hydrogen-bond donors (Lipinski definition) is 1. The van der Waals surface area contributed by atoms with Crippen LogP contribution in [-0.2, 0) is 20.9 Å². The summed E-state index contributed by atoms with van der Waals surface area (Å²) in [7, 11) is 2.78. The highest BCUT2D eigenvalue weighted by molar-refractivity contribution is 6.44. The van der Waals surface area contributed by atoms with Gasteiger partial charge >= 0.3 is 17.8 Å². The Hall–Kier alpha value is -4.01. The average molecular weight is 436 g/mol. The Kier molecular flexibility index (Phi) is 6.38. The Morgan fingerprint density at radius 2 is 1.53 bits per heavy atom. The fraction of sp³-hybridized carbons (Fsp3) is 0.261. The Morgan fingerprint density at radius 1 is 0.938 bits per heavy atom. The number of para-hydroxylation sites is 1. The van der Waals surface area contributed by atoms with Gasteiger partial charge in [-0.05, 0) is 42.7 Å². The molecular weight excluding hydrogens is 412 g/mol. The number of benzene rings is 2. The van der Waals surface area contributed by atoms with Crippen LogP contribution in [0.25, 0.3) is 0 Å². The number of aryl methyl sites for hydroxylation is 2. The van der Waals surface area contributed by atoms with Crippen LogP contribution in [0.4, 0.5) is 10.5 Å². The highest BCUT2D eigenvalue weighted by Crippen LogP contribution is 2.19. The van der Waals surface area contributed by atoms with Crippen molar-refractivity contribution in [2.75, 3.05) is 26.0 Å². The minimum atomic E-state index is -0.882. The Labute approximate surface area is 185 Å². The SMILES string of the molecule is Cc1cccc(C)c1NC(=O)CN(C)C(=O)c1ccc(CN2C(=O)C(=O)N(C)C2=O)cc1. The zero-order valence-electron chi connectivity index (χ0n) is 18.3. The van der Waals surface area contributed by atoms with Crippen molar-refractivity contribution in [3.8, 4) is 0 Å². The summed E-state index contributed by atoms with van der Waals surface area (Å²) in [6, 6.07) is 11.3. The van der Waals surface area contributed by atoms with E-state index in [1.54, 1.807) is 24.3 Å². The summed E-state index contributed by atoms with van der Waals surface area (Å²) in [5.41, 5.74) is 3.54.